The maximum absolute atomic E-state index is 13.9. The average molecular weight is 343 g/mol. The van der Waals surface area contributed by atoms with Crippen LogP contribution in [0.15, 0.2) is 22.8 Å². The SMILES string of the molecule is O=C(N(Cc1ccco1)C1CCOCC1)C12CC3CC(CC(C3)C1)C2. The van der Waals surface area contributed by atoms with Crippen molar-refractivity contribution in [1.29, 1.82) is 0 Å². The Morgan fingerprint density at radius 1 is 1.08 bits per heavy atom. The number of carbonyl (C=O) groups excluding carboxylic acids is 1. The Balaban J connectivity index is 1.42. The van der Waals surface area contributed by atoms with E-state index >= 15 is 0 Å². The zero-order valence-electron chi connectivity index (χ0n) is 15.0. The van der Waals surface area contributed by atoms with Gasteiger partial charge in [-0.05, 0) is 81.3 Å². The monoisotopic (exact) mass is 343 g/mol. The van der Waals surface area contributed by atoms with E-state index in [1.165, 1.54) is 19.3 Å². The van der Waals surface area contributed by atoms with Crippen molar-refractivity contribution in [1.82, 2.24) is 4.90 Å². The Morgan fingerprint density at radius 3 is 2.28 bits per heavy atom. The number of ether oxygens (including phenoxy) is 1. The van der Waals surface area contributed by atoms with E-state index in [0.717, 1.165) is 68.8 Å². The molecule has 0 unspecified atom stereocenters. The van der Waals surface area contributed by atoms with Gasteiger partial charge in [-0.3, -0.25) is 4.79 Å². The molecule has 1 aromatic heterocycles. The molecule has 1 aliphatic heterocycles. The summed E-state index contributed by atoms with van der Waals surface area (Å²) in [7, 11) is 0. The zero-order valence-corrected chi connectivity index (χ0v) is 15.0. The molecule has 0 aromatic carbocycles. The molecule has 136 valence electrons. The molecule has 4 bridgehead atoms. The fourth-order valence-corrected chi connectivity index (χ4v) is 6.61. The first-order valence-electron chi connectivity index (χ1n) is 10.1. The molecule has 0 radical (unpaired) electrons. The van der Waals surface area contributed by atoms with Crippen LogP contribution in [0.2, 0.25) is 0 Å². The Bertz CT molecular complexity index is 582. The van der Waals surface area contributed by atoms with Crippen LogP contribution in [0.4, 0.5) is 0 Å². The third-order valence-corrected chi connectivity index (χ3v) is 7.29. The van der Waals surface area contributed by atoms with Crippen LogP contribution in [0.5, 0.6) is 0 Å². The molecule has 0 N–H and O–H groups in total. The number of amides is 1. The number of hydrogen-bond donors (Lipinski definition) is 0. The quantitative estimate of drug-likeness (QED) is 0.830. The molecule has 6 rings (SSSR count). The minimum atomic E-state index is -0.0698. The predicted molar refractivity (Wildman–Crippen MR) is 93.7 cm³/mol. The minimum absolute atomic E-state index is 0.0698. The van der Waals surface area contributed by atoms with Crippen molar-refractivity contribution in [3.8, 4) is 0 Å². The second-order valence-corrected chi connectivity index (χ2v) is 9.05. The van der Waals surface area contributed by atoms with E-state index in [1.54, 1.807) is 6.26 Å². The normalized spacial score (nSPS) is 37.4. The first-order valence-corrected chi connectivity index (χ1v) is 10.1. The molecule has 4 aliphatic carbocycles. The lowest BCUT2D eigenvalue weighted by Gasteiger charge is -2.57. The molecule has 4 saturated carbocycles. The van der Waals surface area contributed by atoms with E-state index in [0.29, 0.717) is 18.5 Å². The van der Waals surface area contributed by atoms with Crippen molar-refractivity contribution in [2.75, 3.05) is 13.2 Å². The van der Waals surface area contributed by atoms with Crippen LogP contribution in [0.25, 0.3) is 0 Å². The molecule has 4 nitrogen and oxygen atoms in total. The highest BCUT2D eigenvalue weighted by molar-refractivity contribution is 5.83. The van der Waals surface area contributed by atoms with E-state index in [4.69, 9.17) is 9.15 Å². The largest absolute Gasteiger partial charge is 0.467 e. The lowest BCUT2D eigenvalue weighted by Crippen LogP contribution is -2.56. The van der Waals surface area contributed by atoms with Crippen LogP contribution in [-0.4, -0.2) is 30.1 Å². The predicted octanol–water partition coefficient (Wildman–Crippen LogP) is 4.00. The highest BCUT2D eigenvalue weighted by Gasteiger charge is 2.56. The fraction of sp³-hybridized carbons (Fsp3) is 0.762. The van der Waals surface area contributed by atoms with Crippen molar-refractivity contribution in [3.63, 3.8) is 0 Å². The van der Waals surface area contributed by atoms with Gasteiger partial charge in [-0.15, -0.1) is 0 Å². The summed E-state index contributed by atoms with van der Waals surface area (Å²) in [6, 6.07) is 4.23. The number of furan rings is 1. The first-order chi connectivity index (χ1) is 12.2. The van der Waals surface area contributed by atoms with Crippen molar-refractivity contribution in [3.05, 3.63) is 24.2 Å². The van der Waals surface area contributed by atoms with Crippen molar-refractivity contribution >= 4 is 5.91 Å². The van der Waals surface area contributed by atoms with E-state index in [2.05, 4.69) is 4.90 Å². The van der Waals surface area contributed by atoms with E-state index in [9.17, 15) is 4.79 Å². The van der Waals surface area contributed by atoms with E-state index < -0.39 is 0 Å². The summed E-state index contributed by atoms with van der Waals surface area (Å²) in [6.07, 6.45) is 11.2. The number of rotatable bonds is 4. The highest BCUT2D eigenvalue weighted by atomic mass is 16.5. The standard InChI is InChI=1S/C21H29NO3/c23-20(21-11-15-8-16(12-21)10-17(9-15)13-21)22(14-19-2-1-5-25-19)18-3-6-24-7-4-18/h1-2,5,15-18H,3-4,6-14H2. The Labute approximate surface area is 149 Å². The fourth-order valence-electron chi connectivity index (χ4n) is 6.61. The van der Waals surface area contributed by atoms with Crippen molar-refractivity contribution in [2.24, 2.45) is 23.2 Å². The molecule has 0 spiro atoms. The highest BCUT2D eigenvalue weighted by Crippen LogP contribution is 2.60. The van der Waals surface area contributed by atoms with Gasteiger partial charge in [0.1, 0.15) is 5.76 Å². The van der Waals surface area contributed by atoms with Gasteiger partial charge in [0.15, 0.2) is 0 Å². The van der Waals surface area contributed by atoms with Crippen LogP contribution >= 0.6 is 0 Å². The van der Waals surface area contributed by atoms with E-state index in [1.807, 2.05) is 12.1 Å². The minimum Gasteiger partial charge on any atom is -0.467 e. The maximum Gasteiger partial charge on any atom is 0.229 e. The molecule has 1 saturated heterocycles. The van der Waals surface area contributed by atoms with Gasteiger partial charge in [-0.25, -0.2) is 0 Å². The summed E-state index contributed by atoms with van der Waals surface area (Å²) in [5.41, 5.74) is -0.0698. The average Bonchev–Trinajstić information content (AvgIpc) is 3.12. The first kappa shape index (κ1) is 15.9. The Hall–Kier alpha value is -1.29. The molecule has 25 heavy (non-hydrogen) atoms. The Kier molecular flexibility index (Phi) is 3.92. The van der Waals surface area contributed by atoms with Crippen molar-refractivity contribution < 1.29 is 13.9 Å². The maximum atomic E-state index is 13.9. The van der Waals surface area contributed by atoms with Crippen LogP contribution in [0.3, 0.4) is 0 Å². The lowest BCUT2D eigenvalue weighted by molar-refractivity contribution is -0.163. The van der Waals surface area contributed by atoms with Gasteiger partial charge in [0.05, 0.1) is 18.2 Å². The number of carbonyl (C=O) groups is 1. The topological polar surface area (TPSA) is 42.7 Å². The lowest BCUT2D eigenvalue weighted by atomic mass is 9.49. The molecular formula is C21H29NO3. The molecule has 0 atom stereocenters. The zero-order chi connectivity index (χ0) is 16.9. The summed E-state index contributed by atoms with van der Waals surface area (Å²) in [5.74, 6) is 3.74. The van der Waals surface area contributed by atoms with Gasteiger partial charge in [0.25, 0.3) is 0 Å². The molecule has 5 aliphatic rings. The summed E-state index contributed by atoms with van der Waals surface area (Å²) in [4.78, 5) is 16.0. The molecule has 4 heteroatoms. The molecule has 1 amide bonds. The van der Waals surface area contributed by atoms with Gasteiger partial charge in [0, 0.05) is 19.3 Å². The van der Waals surface area contributed by atoms with Crippen LogP contribution in [0.1, 0.15) is 57.1 Å². The van der Waals surface area contributed by atoms with Crippen LogP contribution < -0.4 is 0 Å². The summed E-state index contributed by atoms with van der Waals surface area (Å²) in [5, 5.41) is 0. The number of hydrogen-bond acceptors (Lipinski definition) is 3. The second kappa shape index (κ2) is 6.15. The van der Waals surface area contributed by atoms with Crippen LogP contribution in [-0.2, 0) is 16.1 Å². The van der Waals surface area contributed by atoms with Crippen molar-refractivity contribution in [2.45, 2.75) is 64.0 Å². The second-order valence-electron chi connectivity index (χ2n) is 9.05. The van der Waals surface area contributed by atoms with Gasteiger partial charge < -0.3 is 14.1 Å². The summed E-state index contributed by atoms with van der Waals surface area (Å²) < 4.78 is 11.2. The smallest absolute Gasteiger partial charge is 0.229 e. The van der Waals surface area contributed by atoms with Gasteiger partial charge >= 0.3 is 0 Å². The molecule has 2 heterocycles. The van der Waals surface area contributed by atoms with Crippen LogP contribution in [0, 0.1) is 23.2 Å². The summed E-state index contributed by atoms with van der Waals surface area (Å²) in [6.45, 7) is 2.17. The van der Waals surface area contributed by atoms with Gasteiger partial charge in [-0.2, -0.15) is 0 Å². The summed E-state index contributed by atoms with van der Waals surface area (Å²) >= 11 is 0. The molecule has 1 aromatic rings. The van der Waals surface area contributed by atoms with E-state index in [-0.39, 0.29) is 5.41 Å². The third kappa shape index (κ3) is 2.83. The molecule has 5 fully saturated rings. The molecular weight excluding hydrogens is 314 g/mol. The van der Waals surface area contributed by atoms with Gasteiger partial charge in [-0.1, -0.05) is 0 Å². The third-order valence-electron chi connectivity index (χ3n) is 7.29. The van der Waals surface area contributed by atoms with Gasteiger partial charge in [0.2, 0.25) is 5.91 Å². The Morgan fingerprint density at radius 2 is 1.72 bits per heavy atom. The number of nitrogens with zero attached hydrogens (tertiary/aromatic N) is 1.